The summed E-state index contributed by atoms with van der Waals surface area (Å²) in [6, 6.07) is 24.7. The molecule has 2 bridgehead atoms. The number of aliphatic hydroxyl groups excluding tert-OH is 1. The first-order valence-corrected chi connectivity index (χ1v) is 15.4. The summed E-state index contributed by atoms with van der Waals surface area (Å²) in [5.41, 5.74) is 5.99. The van der Waals surface area contributed by atoms with Crippen molar-refractivity contribution in [3.63, 3.8) is 0 Å². The zero-order valence-corrected chi connectivity index (χ0v) is 27.2. The minimum Gasteiger partial charge on any atom is -0.497 e. The minimum absolute atomic E-state index is 0.0428. The number of carboxylic acid groups (broad SMARTS) is 1. The van der Waals surface area contributed by atoms with E-state index in [2.05, 4.69) is 4.98 Å². The number of carbonyl (C=O) groups is 1. The molecule has 5 atom stereocenters. The third kappa shape index (κ3) is 6.76. The molecule has 4 aromatic rings. The van der Waals surface area contributed by atoms with Crippen LogP contribution in [0.1, 0.15) is 34.9 Å². The van der Waals surface area contributed by atoms with Crippen LogP contribution in [0.4, 0.5) is 13.2 Å². The molecule has 5 N–H and O–H groups in total. The van der Waals surface area contributed by atoms with Crippen LogP contribution in [-0.4, -0.2) is 70.5 Å². The van der Waals surface area contributed by atoms with Gasteiger partial charge in [0.2, 0.25) is 0 Å². The van der Waals surface area contributed by atoms with Crippen molar-refractivity contribution in [1.82, 2.24) is 9.55 Å². The number of hydrogen-bond donors (Lipinski definition) is 4. The number of aromatic nitrogens is 2. The first-order chi connectivity index (χ1) is 23.7. The zero-order valence-electron chi connectivity index (χ0n) is 27.2. The van der Waals surface area contributed by atoms with Crippen LogP contribution in [0.5, 0.6) is 11.5 Å². The number of nitrogens with two attached hydrogens (primary N) is 1. The summed E-state index contributed by atoms with van der Waals surface area (Å²) >= 11 is 0. The second-order valence-corrected chi connectivity index (χ2v) is 12.0. The predicted octanol–water partition coefficient (Wildman–Crippen LogP) is 3.48. The van der Waals surface area contributed by atoms with Crippen molar-refractivity contribution in [2.75, 3.05) is 20.8 Å². The monoisotopic (exact) mass is 699 g/mol. The molecule has 1 saturated heterocycles. The molecule has 266 valence electrons. The van der Waals surface area contributed by atoms with E-state index in [4.69, 9.17) is 34.6 Å². The average molecular weight is 700 g/mol. The SMILES string of the molecule is COc1ccc(C(OC[C@@]23C[C@H](N)[C@@H]([C@H](n4cc(C)c(=O)[nH]c4=O)O2)[C@@H]3O)(c2ccccc2)c2ccc(OC)cc2)cc1.O=C(O)C(F)(F)F. The molecule has 2 aliphatic rings. The minimum atomic E-state index is -5.08. The fraction of sp³-hybridized carbons (Fsp3) is 0.343. The van der Waals surface area contributed by atoms with E-state index in [9.17, 15) is 27.9 Å². The second kappa shape index (κ2) is 14.1. The molecule has 0 spiro atoms. The van der Waals surface area contributed by atoms with Gasteiger partial charge in [0.05, 0.1) is 26.9 Å². The van der Waals surface area contributed by atoms with E-state index >= 15 is 0 Å². The summed E-state index contributed by atoms with van der Waals surface area (Å²) in [7, 11) is 3.23. The highest BCUT2D eigenvalue weighted by Gasteiger charge is 2.64. The summed E-state index contributed by atoms with van der Waals surface area (Å²) in [5.74, 6) is -1.95. The molecular formula is C35H36F3N3O9. The molecule has 15 heteroatoms. The normalized spacial score (nSPS) is 22.8. The summed E-state index contributed by atoms with van der Waals surface area (Å²) in [6.07, 6.45) is -5.21. The van der Waals surface area contributed by atoms with Crippen LogP contribution in [0.25, 0.3) is 0 Å². The summed E-state index contributed by atoms with van der Waals surface area (Å²) in [6.45, 7) is 1.56. The fourth-order valence-electron chi connectivity index (χ4n) is 6.55. The maximum atomic E-state index is 12.8. The number of aliphatic carboxylic acids is 1. The molecule has 0 amide bonds. The maximum Gasteiger partial charge on any atom is 0.490 e. The molecule has 1 aliphatic heterocycles. The van der Waals surface area contributed by atoms with Gasteiger partial charge in [0.15, 0.2) is 0 Å². The van der Waals surface area contributed by atoms with Gasteiger partial charge >= 0.3 is 17.8 Å². The van der Waals surface area contributed by atoms with Crippen LogP contribution < -0.4 is 26.5 Å². The van der Waals surface area contributed by atoms with Crippen LogP contribution in [0, 0.1) is 12.8 Å². The number of nitrogens with one attached hydrogen (secondary N) is 1. The van der Waals surface area contributed by atoms with E-state index in [1.54, 1.807) is 21.1 Å². The van der Waals surface area contributed by atoms with Crippen molar-refractivity contribution in [2.24, 2.45) is 11.7 Å². The van der Waals surface area contributed by atoms with Gasteiger partial charge in [-0.2, -0.15) is 13.2 Å². The van der Waals surface area contributed by atoms with Crippen molar-refractivity contribution in [2.45, 2.75) is 49.1 Å². The number of carboxylic acids is 1. The Balaban J connectivity index is 0.000000630. The van der Waals surface area contributed by atoms with E-state index in [1.165, 1.54) is 10.8 Å². The number of alkyl halides is 3. The lowest BCUT2D eigenvalue weighted by atomic mass is 9.79. The number of halogens is 3. The topological polar surface area (TPSA) is 175 Å². The number of aromatic amines is 1. The van der Waals surface area contributed by atoms with Crippen molar-refractivity contribution >= 4 is 5.97 Å². The Morgan fingerprint density at radius 3 is 1.94 bits per heavy atom. The number of aryl methyl sites for hydroxylation is 1. The first kappa shape index (κ1) is 36.3. The number of methoxy groups -OCH3 is 2. The van der Waals surface area contributed by atoms with E-state index in [-0.39, 0.29) is 6.61 Å². The molecule has 6 rings (SSSR count). The maximum absolute atomic E-state index is 12.8. The Labute approximate surface area is 283 Å². The number of hydrogen-bond acceptors (Lipinski definition) is 9. The molecule has 2 heterocycles. The molecule has 1 saturated carbocycles. The lowest BCUT2D eigenvalue weighted by molar-refractivity contribution is -0.192. The molecule has 0 radical (unpaired) electrons. The quantitative estimate of drug-likeness (QED) is 0.189. The first-order valence-electron chi connectivity index (χ1n) is 15.4. The van der Waals surface area contributed by atoms with Gasteiger partial charge in [-0.3, -0.25) is 14.3 Å². The van der Waals surface area contributed by atoms with Crippen molar-refractivity contribution in [3.05, 3.63) is 128 Å². The van der Waals surface area contributed by atoms with Crippen LogP contribution >= 0.6 is 0 Å². The van der Waals surface area contributed by atoms with E-state index in [0.717, 1.165) is 16.7 Å². The van der Waals surface area contributed by atoms with E-state index in [1.807, 2.05) is 78.9 Å². The number of ether oxygens (including phenoxy) is 4. The van der Waals surface area contributed by atoms with Gasteiger partial charge in [-0.05, 0) is 54.3 Å². The molecule has 2 fully saturated rings. The number of aliphatic hydroxyl groups is 1. The van der Waals surface area contributed by atoms with Gasteiger partial charge in [-0.1, -0.05) is 54.6 Å². The standard InChI is InChI=1S/C33H35N3O7.C2HF3O2/c1-20-18-36(31(39)35-29(20)38)30-27-26(34)17-32(43-30,28(27)37)19-42-33(21-7-5-4-6-8-21,22-9-13-24(40-2)14-10-22)23-11-15-25(41-3)16-12-23;3-2(4,5)1(6)7/h4-16,18,26-28,30,37H,17,19,34H2,1-3H3,(H,35,38,39);(H,6,7)/t26-,27+,28-,30+,32+;/m0./s1. The molecule has 0 unspecified atom stereocenters. The highest BCUT2D eigenvalue weighted by atomic mass is 19.4. The van der Waals surface area contributed by atoms with Gasteiger partial charge < -0.3 is 34.9 Å². The fourth-order valence-corrected chi connectivity index (χ4v) is 6.55. The Bertz CT molecular complexity index is 1870. The Kier molecular flexibility index (Phi) is 10.3. The van der Waals surface area contributed by atoms with Crippen LogP contribution in [0.2, 0.25) is 0 Å². The number of fused-ring (bicyclic) bond motifs is 2. The molecule has 50 heavy (non-hydrogen) atoms. The Morgan fingerprint density at radius 2 is 1.46 bits per heavy atom. The molecule has 1 aliphatic carbocycles. The summed E-state index contributed by atoms with van der Waals surface area (Å²) in [5, 5.41) is 18.8. The number of rotatable bonds is 9. The molecule has 3 aromatic carbocycles. The van der Waals surface area contributed by atoms with Gasteiger partial charge in [-0.15, -0.1) is 0 Å². The highest BCUT2D eigenvalue weighted by molar-refractivity contribution is 5.73. The smallest absolute Gasteiger partial charge is 0.490 e. The Hall–Kier alpha value is -4.96. The number of nitrogens with zero attached hydrogens (tertiary/aromatic N) is 1. The third-order valence-corrected chi connectivity index (χ3v) is 9.03. The third-order valence-electron chi connectivity index (χ3n) is 9.03. The lowest BCUT2D eigenvalue weighted by Gasteiger charge is -2.40. The van der Waals surface area contributed by atoms with Crippen molar-refractivity contribution in [1.29, 1.82) is 0 Å². The zero-order chi connectivity index (χ0) is 36.4. The van der Waals surface area contributed by atoms with Crippen LogP contribution in [0.15, 0.2) is 94.6 Å². The summed E-state index contributed by atoms with van der Waals surface area (Å²) < 4.78 is 57.5. The predicted molar refractivity (Wildman–Crippen MR) is 173 cm³/mol. The van der Waals surface area contributed by atoms with E-state index in [0.29, 0.717) is 23.5 Å². The number of benzene rings is 3. The highest BCUT2D eigenvalue weighted by Crippen LogP contribution is 2.53. The van der Waals surface area contributed by atoms with E-state index < -0.39 is 58.9 Å². The van der Waals surface area contributed by atoms with Gasteiger partial charge in [0, 0.05) is 23.7 Å². The second-order valence-electron chi connectivity index (χ2n) is 12.0. The molecule has 12 nitrogen and oxygen atoms in total. The average Bonchev–Trinajstić information content (AvgIpc) is 3.52. The van der Waals surface area contributed by atoms with Gasteiger partial charge in [0.1, 0.15) is 28.9 Å². The largest absolute Gasteiger partial charge is 0.497 e. The van der Waals surface area contributed by atoms with Crippen LogP contribution in [-0.2, 0) is 19.9 Å². The molecular weight excluding hydrogens is 663 g/mol. The Morgan fingerprint density at radius 1 is 0.960 bits per heavy atom. The van der Waals surface area contributed by atoms with Gasteiger partial charge in [-0.25, -0.2) is 9.59 Å². The van der Waals surface area contributed by atoms with Crippen LogP contribution in [0.3, 0.4) is 0 Å². The van der Waals surface area contributed by atoms with Crippen molar-refractivity contribution in [3.8, 4) is 11.5 Å². The summed E-state index contributed by atoms with van der Waals surface area (Å²) in [4.78, 5) is 36.1. The lowest BCUT2D eigenvalue weighted by Crippen LogP contribution is -2.48. The van der Waals surface area contributed by atoms with Crippen molar-refractivity contribution < 1.29 is 47.1 Å². The molecule has 1 aromatic heterocycles. The number of H-pyrrole nitrogens is 1. The van der Waals surface area contributed by atoms with Gasteiger partial charge in [0.25, 0.3) is 5.56 Å².